The highest BCUT2D eigenvalue weighted by molar-refractivity contribution is 5.21. The van der Waals surface area contributed by atoms with Crippen molar-refractivity contribution in [2.24, 2.45) is 45.3 Å². The number of hydrogen-bond donors (Lipinski definition) is 10. The van der Waals surface area contributed by atoms with Gasteiger partial charge < -0.3 is 70.0 Å². The average Bonchev–Trinajstić information content (AvgIpc) is 3.51. The summed E-state index contributed by atoms with van der Waals surface area (Å²) in [5, 5.41) is 108. The smallest absolute Gasteiger partial charge is 0.187 e. The molecule has 0 amide bonds. The lowest BCUT2D eigenvalue weighted by molar-refractivity contribution is -0.345. The predicted octanol–water partition coefficient (Wildman–Crippen LogP) is 1.12. The molecule has 4 saturated carbocycles. The average molecular weight is 801 g/mol. The highest BCUT2D eigenvalue weighted by Gasteiger charge is 2.73. The fourth-order valence-electron chi connectivity index (χ4n) is 13.6. The van der Waals surface area contributed by atoms with Crippen molar-refractivity contribution in [1.29, 1.82) is 0 Å². The Morgan fingerprint density at radius 3 is 1.84 bits per heavy atom. The summed E-state index contributed by atoms with van der Waals surface area (Å²) in [7, 11) is 0. The van der Waals surface area contributed by atoms with Crippen LogP contribution in [-0.2, 0) is 18.9 Å². The molecule has 0 bridgehead atoms. The van der Waals surface area contributed by atoms with Crippen molar-refractivity contribution in [1.82, 2.24) is 0 Å². The molecule has 2 heterocycles. The molecular weight excluding hydrogens is 728 g/mol. The zero-order valence-corrected chi connectivity index (χ0v) is 34.6. The standard InChI is InChI=1S/C42H72O14/c1-20(2)10-9-13-42(8,56-37-34(52)32(50)30(48)25(19-44)54-37)21-11-14-41(7)28(21)22(45)16-27-39(5)17-23(46)35(38(3,4)26(39)12-15-40(27,41)6)55-36-33(51)31(49)29(47)24(18-43)53-36/h10,21-37,43-52H,9,11-19H2,1-8H3. The topological polar surface area (TPSA) is 239 Å². The van der Waals surface area contributed by atoms with Crippen LogP contribution in [0, 0.1) is 45.3 Å². The minimum atomic E-state index is -1.60. The molecule has 6 rings (SSSR count). The molecular formula is C42H72O14. The van der Waals surface area contributed by atoms with Crippen LogP contribution in [0.2, 0.25) is 0 Å². The van der Waals surface area contributed by atoms with Gasteiger partial charge in [-0.25, -0.2) is 0 Å². The molecule has 0 aromatic carbocycles. The van der Waals surface area contributed by atoms with Gasteiger partial charge in [-0.2, -0.15) is 0 Å². The van der Waals surface area contributed by atoms with Gasteiger partial charge in [-0.15, -0.1) is 0 Å². The lowest BCUT2D eigenvalue weighted by Gasteiger charge is -2.71. The summed E-state index contributed by atoms with van der Waals surface area (Å²) >= 11 is 0. The van der Waals surface area contributed by atoms with E-state index >= 15 is 0 Å². The Morgan fingerprint density at radius 1 is 0.714 bits per heavy atom. The van der Waals surface area contributed by atoms with Crippen LogP contribution in [0.4, 0.5) is 0 Å². The number of aliphatic hydroxyl groups is 10. The summed E-state index contributed by atoms with van der Waals surface area (Å²) in [6, 6.07) is 0. The molecule has 10 N–H and O–H groups in total. The molecule has 21 atom stereocenters. The molecule has 0 spiro atoms. The van der Waals surface area contributed by atoms with E-state index in [1.165, 1.54) is 0 Å². The molecule has 0 aromatic heterocycles. The van der Waals surface area contributed by atoms with Crippen LogP contribution in [0.3, 0.4) is 0 Å². The molecule has 6 aliphatic rings. The predicted molar refractivity (Wildman–Crippen MR) is 202 cm³/mol. The molecule has 14 nitrogen and oxygen atoms in total. The van der Waals surface area contributed by atoms with Crippen LogP contribution in [0.15, 0.2) is 11.6 Å². The summed E-state index contributed by atoms with van der Waals surface area (Å²) in [6.07, 6.45) is -9.27. The number of hydrogen-bond acceptors (Lipinski definition) is 14. The van der Waals surface area contributed by atoms with Gasteiger partial charge in [-0.3, -0.25) is 0 Å². The Balaban J connectivity index is 1.28. The van der Waals surface area contributed by atoms with Gasteiger partial charge in [0.1, 0.15) is 48.8 Å². The summed E-state index contributed by atoms with van der Waals surface area (Å²) in [5.74, 6) is -0.281. The van der Waals surface area contributed by atoms with Gasteiger partial charge in [0.15, 0.2) is 12.6 Å². The molecule has 6 fully saturated rings. The number of aliphatic hydroxyl groups excluding tert-OH is 10. The molecule has 21 unspecified atom stereocenters. The minimum Gasteiger partial charge on any atom is -0.394 e. The lowest BCUT2D eigenvalue weighted by atomic mass is 9.35. The van der Waals surface area contributed by atoms with Crippen molar-refractivity contribution >= 4 is 0 Å². The quantitative estimate of drug-likeness (QED) is 0.110. The molecule has 56 heavy (non-hydrogen) atoms. The normalized spacial score (nSPS) is 52.6. The van der Waals surface area contributed by atoms with Crippen LogP contribution < -0.4 is 0 Å². The summed E-state index contributed by atoms with van der Waals surface area (Å²) in [6.45, 7) is 15.9. The SMILES string of the molecule is CC(C)=CCCC(C)(OC1OC(CO)C(O)C(O)C1O)C1CCC2(C)C1C(O)CC1C3(C)CC(O)C(OC4OC(CO)C(O)C(O)C4O)C(C)(C)C3CCC12C. The van der Waals surface area contributed by atoms with Gasteiger partial charge >= 0.3 is 0 Å². The van der Waals surface area contributed by atoms with E-state index in [1.807, 2.05) is 20.8 Å². The van der Waals surface area contributed by atoms with Crippen LogP contribution in [0.5, 0.6) is 0 Å². The fraction of sp³-hybridized carbons (Fsp3) is 0.952. The van der Waals surface area contributed by atoms with Gasteiger partial charge in [-0.1, -0.05) is 46.3 Å². The van der Waals surface area contributed by atoms with Crippen LogP contribution >= 0.6 is 0 Å². The summed E-state index contributed by atoms with van der Waals surface area (Å²) < 4.78 is 24.7. The van der Waals surface area contributed by atoms with E-state index in [0.717, 1.165) is 31.3 Å². The van der Waals surface area contributed by atoms with Gasteiger partial charge in [0.2, 0.25) is 0 Å². The fourth-order valence-corrected chi connectivity index (χ4v) is 13.6. The maximum absolute atomic E-state index is 12.5. The zero-order chi connectivity index (χ0) is 41.5. The van der Waals surface area contributed by atoms with Crippen molar-refractivity contribution in [2.45, 2.75) is 192 Å². The highest BCUT2D eigenvalue weighted by Crippen LogP contribution is 2.76. The third-order valence-electron chi connectivity index (χ3n) is 16.6. The van der Waals surface area contributed by atoms with E-state index in [9.17, 15) is 51.1 Å². The monoisotopic (exact) mass is 800 g/mol. The van der Waals surface area contributed by atoms with Crippen molar-refractivity contribution in [3.63, 3.8) is 0 Å². The highest BCUT2D eigenvalue weighted by atomic mass is 16.7. The second kappa shape index (κ2) is 15.9. The van der Waals surface area contributed by atoms with Gasteiger partial charge in [-0.05, 0) is 117 Å². The maximum atomic E-state index is 12.5. The van der Waals surface area contributed by atoms with Crippen molar-refractivity contribution in [3.05, 3.63) is 11.6 Å². The number of allylic oxidation sites excluding steroid dienone is 2. The number of rotatable bonds is 10. The van der Waals surface area contributed by atoms with E-state index in [2.05, 4.69) is 40.7 Å². The molecule has 2 aliphatic heterocycles. The molecule has 0 aromatic rings. The maximum Gasteiger partial charge on any atom is 0.187 e. The number of fused-ring (bicyclic) bond motifs is 5. The molecule has 324 valence electrons. The van der Waals surface area contributed by atoms with Crippen molar-refractivity contribution in [2.75, 3.05) is 13.2 Å². The Hall–Kier alpha value is -0.820. The first-order chi connectivity index (χ1) is 26.0. The molecule has 2 saturated heterocycles. The Labute approximate surface area is 331 Å². The third-order valence-corrected chi connectivity index (χ3v) is 16.6. The molecule has 4 aliphatic carbocycles. The minimum absolute atomic E-state index is 0.0224. The van der Waals surface area contributed by atoms with E-state index in [1.54, 1.807) is 0 Å². The van der Waals surface area contributed by atoms with Crippen molar-refractivity contribution < 1.29 is 70.0 Å². The molecule has 14 heteroatoms. The number of ether oxygens (including phenoxy) is 4. The summed E-state index contributed by atoms with van der Waals surface area (Å²) in [5.41, 5.74) is -1.43. The second-order valence-electron chi connectivity index (χ2n) is 20.3. The van der Waals surface area contributed by atoms with Gasteiger partial charge in [0.05, 0.1) is 37.1 Å². The lowest BCUT2D eigenvalue weighted by Crippen LogP contribution is -2.69. The second-order valence-corrected chi connectivity index (χ2v) is 20.3. The van der Waals surface area contributed by atoms with E-state index in [0.29, 0.717) is 25.7 Å². The van der Waals surface area contributed by atoms with Crippen LogP contribution in [0.1, 0.15) is 107 Å². The van der Waals surface area contributed by atoms with Gasteiger partial charge in [0.25, 0.3) is 0 Å². The van der Waals surface area contributed by atoms with E-state index in [4.69, 9.17) is 18.9 Å². The Kier molecular flexibility index (Phi) is 12.7. The summed E-state index contributed by atoms with van der Waals surface area (Å²) in [4.78, 5) is 0. The first-order valence-corrected chi connectivity index (χ1v) is 21.0. The van der Waals surface area contributed by atoms with E-state index in [-0.39, 0.29) is 34.5 Å². The largest absolute Gasteiger partial charge is 0.394 e. The first kappa shape index (κ1) is 44.7. The Morgan fingerprint density at radius 2 is 1.27 bits per heavy atom. The van der Waals surface area contributed by atoms with E-state index < -0.39 is 109 Å². The van der Waals surface area contributed by atoms with Crippen LogP contribution in [-0.4, -0.2) is 150 Å². The molecule has 0 radical (unpaired) electrons. The van der Waals surface area contributed by atoms with Crippen LogP contribution in [0.25, 0.3) is 0 Å². The van der Waals surface area contributed by atoms with Gasteiger partial charge in [0, 0.05) is 0 Å². The third kappa shape index (κ3) is 7.06. The van der Waals surface area contributed by atoms with Crippen molar-refractivity contribution in [3.8, 4) is 0 Å². The zero-order valence-electron chi connectivity index (χ0n) is 34.6. The first-order valence-electron chi connectivity index (χ1n) is 21.0. The Bertz CT molecular complexity index is 1400.